The molecular weight excluding hydrogens is 429 g/mol. The van der Waals surface area contributed by atoms with Crippen LogP contribution in [0.1, 0.15) is 11.4 Å². The number of nitrogens with one attached hydrogen (secondary N) is 1. The molecule has 2 heterocycles. The average molecular weight is 448 g/mol. The van der Waals surface area contributed by atoms with E-state index in [0.717, 1.165) is 17.4 Å². The average Bonchev–Trinajstić information content (AvgIpc) is 3.20. The van der Waals surface area contributed by atoms with E-state index < -0.39 is 0 Å². The van der Waals surface area contributed by atoms with Crippen LogP contribution in [0.5, 0.6) is 0 Å². The highest BCUT2D eigenvalue weighted by atomic mass is 35.5. The first kappa shape index (κ1) is 19.9. The van der Waals surface area contributed by atoms with Crippen molar-refractivity contribution in [1.29, 1.82) is 0 Å². The molecule has 3 aromatic rings. The fraction of sp³-hybridized carbons (Fsp3) is 0.250. The Bertz CT molecular complexity index is 969. The van der Waals surface area contributed by atoms with Gasteiger partial charge in [-0.1, -0.05) is 59.6 Å². The minimum atomic E-state index is -0.207. The van der Waals surface area contributed by atoms with E-state index in [1.807, 2.05) is 18.2 Å². The third-order valence-electron chi connectivity index (χ3n) is 4.69. The molecule has 0 atom stereocenters. The minimum absolute atomic E-state index is 0.207. The second kappa shape index (κ2) is 8.98. The number of rotatable bonds is 4. The van der Waals surface area contributed by atoms with Crippen molar-refractivity contribution in [1.82, 2.24) is 14.3 Å². The first-order valence-corrected chi connectivity index (χ1v) is 10.7. The summed E-state index contributed by atoms with van der Waals surface area (Å²) in [6.45, 7) is 2.57. The molecular formula is C20H19Cl2N5OS. The van der Waals surface area contributed by atoms with Gasteiger partial charge in [-0.05, 0) is 17.7 Å². The maximum atomic E-state index is 12.6. The van der Waals surface area contributed by atoms with Crippen molar-refractivity contribution >= 4 is 51.6 Å². The van der Waals surface area contributed by atoms with Crippen molar-refractivity contribution in [3.63, 3.8) is 0 Å². The summed E-state index contributed by atoms with van der Waals surface area (Å²) >= 11 is 13.7. The number of nitrogens with zero attached hydrogens (tertiary/aromatic N) is 4. The van der Waals surface area contributed by atoms with Crippen LogP contribution in [-0.4, -0.2) is 46.5 Å². The monoisotopic (exact) mass is 447 g/mol. The van der Waals surface area contributed by atoms with Gasteiger partial charge in [-0.15, -0.1) is 0 Å². The molecule has 0 unspecified atom stereocenters. The zero-order valence-corrected chi connectivity index (χ0v) is 17.8. The number of carbonyl (C=O) groups excluding carboxylic acids is 1. The van der Waals surface area contributed by atoms with Gasteiger partial charge in [-0.3, -0.25) is 0 Å². The number of benzene rings is 2. The predicted molar refractivity (Wildman–Crippen MR) is 118 cm³/mol. The maximum absolute atomic E-state index is 12.6. The van der Waals surface area contributed by atoms with E-state index in [-0.39, 0.29) is 6.03 Å². The number of anilines is 2. The second-order valence-corrected chi connectivity index (χ2v) is 8.20. The van der Waals surface area contributed by atoms with Gasteiger partial charge in [0.25, 0.3) is 0 Å². The maximum Gasteiger partial charge on any atom is 0.322 e. The van der Waals surface area contributed by atoms with Crippen LogP contribution in [0, 0.1) is 0 Å². The lowest BCUT2D eigenvalue weighted by molar-refractivity contribution is 0.208. The molecule has 9 heteroatoms. The fourth-order valence-corrected chi connectivity index (χ4v) is 4.36. The standard InChI is InChI=1S/C20H19Cl2N5OS/c21-15-7-4-8-16(22)18(15)24-19(28)26-9-11-27(12-10-26)20-23-17(25-29-20)13-14-5-2-1-3-6-14/h1-8H,9-13H2,(H,24,28). The summed E-state index contributed by atoms with van der Waals surface area (Å²) in [4.78, 5) is 21.2. The van der Waals surface area contributed by atoms with Crippen molar-refractivity contribution in [2.45, 2.75) is 6.42 Å². The van der Waals surface area contributed by atoms with Crippen LogP contribution >= 0.6 is 34.7 Å². The highest BCUT2D eigenvalue weighted by molar-refractivity contribution is 7.09. The molecule has 1 aliphatic rings. The largest absolute Gasteiger partial charge is 0.343 e. The third-order valence-corrected chi connectivity index (χ3v) is 6.14. The lowest BCUT2D eigenvalue weighted by atomic mass is 10.1. The van der Waals surface area contributed by atoms with Crippen LogP contribution in [0.4, 0.5) is 15.6 Å². The van der Waals surface area contributed by atoms with E-state index >= 15 is 0 Å². The molecule has 1 aliphatic heterocycles. The molecule has 6 nitrogen and oxygen atoms in total. The molecule has 2 aromatic carbocycles. The molecule has 1 N–H and O–H groups in total. The second-order valence-electron chi connectivity index (χ2n) is 6.66. The summed E-state index contributed by atoms with van der Waals surface area (Å²) in [7, 11) is 0. The van der Waals surface area contributed by atoms with Gasteiger partial charge in [0.15, 0.2) is 0 Å². The van der Waals surface area contributed by atoms with Gasteiger partial charge >= 0.3 is 6.03 Å². The lowest BCUT2D eigenvalue weighted by Crippen LogP contribution is -2.50. The van der Waals surface area contributed by atoms with Crippen molar-refractivity contribution in [3.05, 3.63) is 70.0 Å². The predicted octanol–water partition coefficient (Wildman–Crippen LogP) is 4.79. The highest BCUT2D eigenvalue weighted by Crippen LogP contribution is 2.30. The van der Waals surface area contributed by atoms with Gasteiger partial charge in [0.1, 0.15) is 5.82 Å². The summed E-state index contributed by atoms with van der Waals surface area (Å²) in [5.74, 6) is 0.824. The molecule has 1 saturated heterocycles. The van der Waals surface area contributed by atoms with Gasteiger partial charge in [0, 0.05) is 44.1 Å². The first-order chi connectivity index (χ1) is 14.1. The first-order valence-electron chi connectivity index (χ1n) is 9.21. The molecule has 2 amide bonds. The van der Waals surface area contributed by atoms with E-state index in [1.165, 1.54) is 17.1 Å². The summed E-state index contributed by atoms with van der Waals surface area (Å²) < 4.78 is 4.48. The number of piperazine rings is 1. The van der Waals surface area contributed by atoms with Crippen molar-refractivity contribution in [3.8, 4) is 0 Å². The summed E-state index contributed by atoms with van der Waals surface area (Å²) in [6, 6.07) is 15.1. The van der Waals surface area contributed by atoms with Crippen LogP contribution in [0.2, 0.25) is 10.0 Å². The Hall–Kier alpha value is -2.35. The molecule has 0 saturated carbocycles. The Kier molecular flexibility index (Phi) is 6.18. The van der Waals surface area contributed by atoms with Gasteiger partial charge in [0.2, 0.25) is 5.13 Å². The van der Waals surface area contributed by atoms with Crippen LogP contribution in [0.15, 0.2) is 48.5 Å². The molecule has 0 radical (unpaired) electrons. The SMILES string of the molecule is O=C(Nc1c(Cl)cccc1Cl)N1CCN(c2nc(Cc3ccccc3)ns2)CC1. The molecule has 29 heavy (non-hydrogen) atoms. The van der Waals surface area contributed by atoms with Crippen LogP contribution < -0.4 is 10.2 Å². The molecule has 150 valence electrons. The van der Waals surface area contributed by atoms with E-state index in [1.54, 1.807) is 23.1 Å². The number of para-hydroxylation sites is 1. The number of aromatic nitrogens is 2. The van der Waals surface area contributed by atoms with Gasteiger partial charge < -0.3 is 15.1 Å². The summed E-state index contributed by atoms with van der Waals surface area (Å²) in [5, 5.41) is 4.55. The van der Waals surface area contributed by atoms with Gasteiger partial charge in [0.05, 0.1) is 15.7 Å². The zero-order chi connectivity index (χ0) is 20.2. The lowest BCUT2D eigenvalue weighted by Gasteiger charge is -2.34. The Balaban J connectivity index is 1.33. The quantitative estimate of drug-likeness (QED) is 0.624. The van der Waals surface area contributed by atoms with E-state index in [0.29, 0.717) is 41.9 Å². The normalized spacial score (nSPS) is 14.1. The molecule has 1 aromatic heterocycles. The Morgan fingerprint density at radius 1 is 1.00 bits per heavy atom. The molecule has 4 rings (SSSR count). The molecule has 0 bridgehead atoms. The topological polar surface area (TPSA) is 61.4 Å². The van der Waals surface area contributed by atoms with Crippen molar-refractivity contribution in [2.75, 3.05) is 36.4 Å². The number of halogens is 2. The fourth-order valence-electron chi connectivity index (χ4n) is 3.13. The highest BCUT2D eigenvalue weighted by Gasteiger charge is 2.24. The van der Waals surface area contributed by atoms with Crippen molar-refractivity contribution < 1.29 is 4.79 Å². The number of carbonyl (C=O) groups is 1. The van der Waals surface area contributed by atoms with Crippen molar-refractivity contribution in [2.24, 2.45) is 0 Å². The Labute approximate surface area is 183 Å². The number of hydrogen-bond acceptors (Lipinski definition) is 5. The number of hydrogen-bond donors (Lipinski definition) is 1. The van der Waals surface area contributed by atoms with E-state index in [4.69, 9.17) is 23.2 Å². The Morgan fingerprint density at radius 3 is 2.38 bits per heavy atom. The van der Waals surface area contributed by atoms with Gasteiger partial charge in [-0.25, -0.2) is 9.78 Å². The van der Waals surface area contributed by atoms with E-state index in [2.05, 4.69) is 31.7 Å². The Morgan fingerprint density at radius 2 is 1.69 bits per heavy atom. The molecule has 0 aliphatic carbocycles. The van der Waals surface area contributed by atoms with Gasteiger partial charge in [-0.2, -0.15) is 4.37 Å². The third kappa shape index (κ3) is 4.80. The van der Waals surface area contributed by atoms with E-state index in [9.17, 15) is 4.79 Å². The van der Waals surface area contributed by atoms with Crippen LogP contribution in [-0.2, 0) is 6.42 Å². The number of urea groups is 1. The summed E-state index contributed by atoms with van der Waals surface area (Å²) in [6.07, 6.45) is 0.721. The molecule has 1 fully saturated rings. The zero-order valence-electron chi connectivity index (χ0n) is 15.5. The van der Waals surface area contributed by atoms with Crippen LogP contribution in [0.3, 0.4) is 0 Å². The summed E-state index contributed by atoms with van der Waals surface area (Å²) in [5.41, 5.74) is 1.63. The smallest absolute Gasteiger partial charge is 0.322 e. The minimum Gasteiger partial charge on any atom is -0.343 e. The number of amides is 2. The van der Waals surface area contributed by atoms with Crippen LogP contribution in [0.25, 0.3) is 0 Å². The molecule has 0 spiro atoms.